The van der Waals surface area contributed by atoms with Crippen LogP contribution in [0, 0.1) is 0 Å². The van der Waals surface area contributed by atoms with Gasteiger partial charge in [0.25, 0.3) is 0 Å². The molecule has 2 aliphatic rings. The van der Waals surface area contributed by atoms with E-state index in [1.807, 2.05) is 12.1 Å². The van der Waals surface area contributed by atoms with Crippen LogP contribution in [0.15, 0.2) is 28.5 Å². The van der Waals surface area contributed by atoms with Crippen molar-refractivity contribution in [2.45, 2.75) is 11.6 Å². The molecule has 0 radical (unpaired) electrons. The van der Waals surface area contributed by atoms with Gasteiger partial charge in [-0.25, -0.2) is 0 Å². The number of rotatable bonds is 3. The zero-order chi connectivity index (χ0) is 15.1. The van der Waals surface area contributed by atoms with E-state index in [1.165, 1.54) is 11.8 Å². The smallest absolute Gasteiger partial charge is 0.309 e. The molecule has 0 unspecified atom stereocenters. The minimum atomic E-state index is -0.902. The van der Waals surface area contributed by atoms with Crippen LogP contribution in [0.25, 0.3) is 11.4 Å². The van der Waals surface area contributed by atoms with E-state index in [1.54, 1.807) is 10.7 Å². The lowest BCUT2D eigenvalue weighted by molar-refractivity contribution is -0.135. The molecule has 2 aliphatic heterocycles. The van der Waals surface area contributed by atoms with Gasteiger partial charge in [-0.2, -0.15) is 9.78 Å². The first-order valence-electron chi connectivity index (χ1n) is 6.47. The number of nitrogens with zero attached hydrogens (tertiary/aromatic N) is 4. The van der Waals surface area contributed by atoms with Crippen LogP contribution in [-0.4, -0.2) is 44.2 Å². The predicted octanol–water partition coefficient (Wildman–Crippen LogP) is 1.46. The maximum Gasteiger partial charge on any atom is 0.309 e. The molecule has 1 aromatic heterocycles. The van der Waals surface area contributed by atoms with Crippen molar-refractivity contribution in [3.63, 3.8) is 0 Å². The third-order valence-electron chi connectivity index (χ3n) is 3.21. The summed E-state index contributed by atoms with van der Waals surface area (Å²) in [5.74, 6) is 1.48. The molecule has 4 rings (SSSR count). The molecule has 9 heteroatoms. The highest BCUT2D eigenvalue weighted by Gasteiger charge is 2.22. The van der Waals surface area contributed by atoms with Gasteiger partial charge in [0.15, 0.2) is 17.3 Å². The summed E-state index contributed by atoms with van der Waals surface area (Å²) in [6.07, 6.45) is -0.0921. The molecule has 0 atom stereocenters. The van der Waals surface area contributed by atoms with Crippen molar-refractivity contribution in [3.8, 4) is 22.9 Å². The molecule has 0 saturated heterocycles. The monoisotopic (exact) mass is 318 g/mol. The fourth-order valence-corrected chi connectivity index (χ4v) is 3.04. The molecule has 0 saturated carbocycles. The van der Waals surface area contributed by atoms with Crippen LogP contribution >= 0.6 is 11.8 Å². The Labute approximate surface area is 128 Å². The minimum absolute atomic E-state index is 0.0921. The van der Waals surface area contributed by atoms with Gasteiger partial charge in [0.2, 0.25) is 11.9 Å². The Kier molecular flexibility index (Phi) is 3.00. The molecule has 0 spiro atoms. The van der Waals surface area contributed by atoms with Crippen molar-refractivity contribution in [2.75, 3.05) is 12.5 Å². The SMILES string of the molecule is O=C(O)CC1=Nn2c(nnc2-c2ccc3c(c2)OCO3)SC1. The summed E-state index contributed by atoms with van der Waals surface area (Å²) in [5, 5.41) is 22.1. The highest BCUT2D eigenvalue weighted by atomic mass is 32.2. The number of fused-ring (bicyclic) bond motifs is 2. The largest absolute Gasteiger partial charge is 0.481 e. The number of carboxylic acid groups (broad SMARTS) is 1. The van der Waals surface area contributed by atoms with Crippen LogP contribution in [0.4, 0.5) is 0 Å². The van der Waals surface area contributed by atoms with Gasteiger partial charge in [-0.1, -0.05) is 11.8 Å². The zero-order valence-electron chi connectivity index (χ0n) is 11.2. The number of carbonyl (C=O) groups is 1. The standard InChI is InChI=1S/C13H10N4O4S/c18-11(19)4-8-5-22-13-15-14-12(17(13)16-8)7-1-2-9-10(3-7)21-6-20-9/h1-3H,4-6H2,(H,18,19). The van der Waals surface area contributed by atoms with Gasteiger partial charge in [-0.05, 0) is 18.2 Å². The molecule has 0 fully saturated rings. The molecule has 112 valence electrons. The van der Waals surface area contributed by atoms with Crippen LogP contribution in [0.5, 0.6) is 11.5 Å². The second-order valence-corrected chi connectivity index (χ2v) is 5.65. The average molecular weight is 318 g/mol. The number of aliphatic carboxylic acids is 1. The molecule has 2 aromatic rings. The Balaban J connectivity index is 1.75. The van der Waals surface area contributed by atoms with E-state index in [9.17, 15) is 4.79 Å². The first kappa shape index (κ1) is 13.1. The number of thioether (sulfide) groups is 1. The normalized spacial score (nSPS) is 15.4. The summed E-state index contributed by atoms with van der Waals surface area (Å²) >= 11 is 1.42. The second kappa shape index (κ2) is 5.02. The van der Waals surface area contributed by atoms with Crippen LogP contribution < -0.4 is 9.47 Å². The van der Waals surface area contributed by atoms with Crippen molar-refractivity contribution < 1.29 is 19.4 Å². The Morgan fingerprint density at radius 2 is 2.18 bits per heavy atom. The summed E-state index contributed by atoms with van der Waals surface area (Å²) in [6.45, 7) is 0.202. The highest BCUT2D eigenvalue weighted by Crippen LogP contribution is 2.36. The van der Waals surface area contributed by atoms with Crippen molar-refractivity contribution in [1.82, 2.24) is 14.9 Å². The molecule has 1 aromatic carbocycles. The summed E-state index contributed by atoms with van der Waals surface area (Å²) in [7, 11) is 0. The topological polar surface area (TPSA) is 98.8 Å². The Morgan fingerprint density at radius 3 is 3.05 bits per heavy atom. The molecule has 1 N–H and O–H groups in total. The van der Waals surface area contributed by atoms with Gasteiger partial charge in [0.05, 0.1) is 12.1 Å². The summed E-state index contributed by atoms with van der Waals surface area (Å²) in [6, 6.07) is 5.46. The third kappa shape index (κ3) is 2.19. The van der Waals surface area contributed by atoms with Crippen molar-refractivity contribution in [2.24, 2.45) is 5.10 Å². The quantitative estimate of drug-likeness (QED) is 0.914. The molecular weight excluding hydrogens is 308 g/mol. The molecule has 22 heavy (non-hydrogen) atoms. The number of hydrogen-bond donors (Lipinski definition) is 1. The summed E-state index contributed by atoms with van der Waals surface area (Å²) in [5.41, 5.74) is 1.36. The van der Waals surface area contributed by atoms with Gasteiger partial charge in [0.1, 0.15) is 0 Å². The number of ether oxygens (including phenoxy) is 2. The first-order chi connectivity index (χ1) is 10.7. The van der Waals surface area contributed by atoms with Crippen molar-refractivity contribution in [3.05, 3.63) is 18.2 Å². The van der Waals surface area contributed by atoms with Gasteiger partial charge >= 0.3 is 5.97 Å². The predicted molar refractivity (Wildman–Crippen MR) is 77.4 cm³/mol. The number of aromatic nitrogens is 3. The lowest BCUT2D eigenvalue weighted by Gasteiger charge is -2.12. The molecular formula is C13H10N4O4S. The van der Waals surface area contributed by atoms with Crippen molar-refractivity contribution in [1.29, 1.82) is 0 Å². The molecule has 8 nitrogen and oxygen atoms in total. The Morgan fingerprint density at radius 1 is 1.32 bits per heavy atom. The van der Waals surface area contributed by atoms with Gasteiger partial charge in [-0.15, -0.1) is 10.2 Å². The molecule has 0 bridgehead atoms. The lowest BCUT2D eigenvalue weighted by atomic mass is 10.2. The summed E-state index contributed by atoms with van der Waals surface area (Å²) in [4.78, 5) is 10.8. The van der Waals surface area contributed by atoms with E-state index in [0.717, 1.165) is 5.56 Å². The maximum absolute atomic E-state index is 10.8. The second-order valence-electron chi connectivity index (χ2n) is 4.71. The highest BCUT2D eigenvalue weighted by molar-refractivity contribution is 7.99. The zero-order valence-corrected chi connectivity index (χ0v) is 12.0. The fraction of sp³-hybridized carbons (Fsp3) is 0.231. The van der Waals surface area contributed by atoms with Gasteiger partial charge in [-0.3, -0.25) is 4.79 Å². The van der Waals surface area contributed by atoms with Crippen molar-refractivity contribution >= 4 is 23.4 Å². The van der Waals surface area contributed by atoms with E-state index in [0.29, 0.717) is 33.9 Å². The van der Waals surface area contributed by atoms with Crippen LogP contribution in [-0.2, 0) is 4.79 Å². The van der Waals surface area contributed by atoms with E-state index in [4.69, 9.17) is 14.6 Å². The van der Waals surface area contributed by atoms with Gasteiger partial charge in [0, 0.05) is 11.3 Å². The van der Waals surface area contributed by atoms with E-state index < -0.39 is 5.97 Å². The molecule has 0 aliphatic carbocycles. The minimum Gasteiger partial charge on any atom is -0.481 e. The van der Waals surface area contributed by atoms with E-state index in [2.05, 4.69) is 15.3 Å². The molecule has 3 heterocycles. The van der Waals surface area contributed by atoms with Gasteiger partial charge < -0.3 is 14.6 Å². The fourth-order valence-electron chi connectivity index (χ4n) is 2.24. The first-order valence-corrected chi connectivity index (χ1v) is 7.46. The molecule has 0 amide bonds. The third-order valence-corrected chi connectivity index (χ3v) is 4.20. The van der Waals surface area contributed by atoms with E-state index >= 15 is 0 Å². The van der Waals surface area contributed by atoms with Crippen LogP contribution in [0.1, 0.15) is 6.42 Å². The van der Waals surface area contributed by atoms with Crippen LogP contribution in [0.3, 0.4) is 0 Å². The Hall–Kier alpha value is -2.55. The number of hydrogen-bond acceptors (Lipinski definition) is 7. The summed E-state index contributed by atoms with van der Waals surface area (Å²) < 4.78 is 12.2. The maximum atomic E-state index is 10.8. The van der Waals surface area contributed by atoms with Crippen LogP contribution in [0.2, 0.25) is 0 Å². The number of carboxylic acids is 1. The number of benzene rings is 1. The average Bonchev–Trinajstić information content (AvgIpc) is 3.11. The lowest BCUT2D eigenvalue weighted by Crippen LogP contribution is -2.16. The Bertz CT molecular complexity index is 801. The van der Waals surface area contributed by atoms with E-state index in [-0.39, 0.29) is 13.2 Å².